The Hall–Kier alpha value is -2.94. The molecule has 202 valence electrons. The zero-order chi connectivity index (χ0) is 28.3. The molecule has 0 aliphatic heterocycles. The molecule has 4 aromatic rings. The molecule has 1 aliphatic rings. The van der Waals surface area contributed by atoms with Crippen LogP contribution in [0.5, 0.6) is 0 Å². The van der Waals surface area contributed by atoms with E-state index in [-0.39, 0.29) is 21.8 Å². The highest BCUT2D eigenvalue weighted by Gasteiger charge is 2.37. The number of benzene rings is 1. The maximum Gasteiger partial charge on any atom is 0.433 e. The first-order valence-electron chi connectivity index (χ1n) is 12.1. The minimum absolute atomic E-state index is 0.0298. The summed E-state index contributed by atoms with van der Waals surface area (Å²) in [7, 11) is 0. The fourth-order valence-corrected chi connectivity index (χ4v) is 6.58. The molecule has 0 fully saturated rings. The maximum absolute atomic E-state index is 14.0. The number of hydrogen-bond donors (Lipinski definition) is 1. The summed E-state index contributed by atoms with van der Waals surface area (Å²) in [6.07, 6.45) is -2.35. The predicted octanol–water partition coefficient (Wildman–Crippen LogP) is 8.17. The lowest BCUT2D eigenvalue weighted by atomic mass is 9.72. The number of amides is 1. The van der Waals surface area contributed by atoms with Crippen molar-refractivity contribution in [1.82, 2.24) is 14.6 Å². The number of nitriles is 1. The van der Waals surface area contributed by atoms with Crippen molar-refractivity contribution in [3.63, 3.8) is 0 Å². The third-order valence-corrected chi connectivity index (χ3v) is 9.05. The summed E-state index contributed by atoms with van der Waals surface area (Å²) in [6, 6.07) is 9.66. The van der Waals surface area contributed by atoms with Crippen molar-refractivity contribution in [3.8, 4) is 17.3 Å². The van der Waals surface area contributed by atoms with E-state index in [1.54, 1.807) is 24.3 Å². The van der Waals surface area contributed by atoms with Crippen LogP contribution >= 0.6 is 38.9 Å². The molecule has 1 N–H and O–H groups in total. The zero-order valence-corrected chi connectivity index (χ0v) is 24.2. The number of nitrogens with one attached hydrogen (secondary N) is 1. The molecular weight excluding hydrogens is 615 g/mol. The molecule has 12 heteroatoms. The number of anilines is 1. The summed E-state index contributed by atoms with van der Waals surface area (Å²) in [5, 5.41) is 16.5. The van der Waals surface area contributed by atoms with Crippen molar-refractivity contribution < 1.29 is 18.0 Å². The van der Waals surface area contributed by atoms with Crippen molar-refractivity contribution >= 4 is 55.4 Å². The fourth-order valence-electron chi connectivity index (χ4n) is 4.80. The Morgan fingerprint density at radius 2 is 1.95 bits per heavy atom. The van der Waals surface area contributed by atoms with Gasteiger partial charge in [-0.3, -0.25) is 4.79 Å². The van der Waals surface area contributed by atoms with Crippen LogP contribution in [0, 0.1) is 22.7 Å². The van der Waals surface area contributed by atoms with Crippen molar-refractivity contribution in [3.05, 3.63) is 67.2 Å². The molecule has 3 heterocycles. The van der Waals surface area contributed by atoms with E-state index in [1.165, 1.54) is 11.3 Å². The smallest absolute Gasteiger partial charge is 0.311 e. The number of halogens is 5. The summed E-state index contributed by atoms with van der Waals surface area (Å²) in [5.41, 5.74) is 0.0259. The van der Waals surface area contributed by atoms with Crippen LogP contribution in [0.1, 0.15) is 59.4 Å². The Morgan fingerprint density at radius 3 is 2.56 bits per heavy atom. The number of nitrogens with zero attached hydrogens (tertiary/aromatic N) is 4. The first kappa shape index (κ1) is 27.6. The molecule has 0 bridgehead atoms. The monoisotopic (exact) mass is 635 g/mol. The van der Waals surface area contributed by atoms with Crippen LogP contribution in [-0.4, -0.2) is 20.5 Å². The van der Waals surface area contributed by atoms with Crippen molar-refractivity contribution in [1.29, 1.82) is 5.26 Å². The molecule has 0 radical (unpaired) electrons. The summed E-state index contributed by atoms with van der Waals surface area (Å²) in [5.74, 6) is -0.385. The van der Waals surface area contributed by atoms with Crippen LogP contribution in [0.4, 0.5) is 18.2 Å². The molecule has 0 saturated carbocycles. The largest absolute Gasteiger partial charge is 0.433 e. The van der Waals surface area contributed by atoms with Gasteiger partial charge in [-0.15, -0.1) is 11.3 Å². The van der Waals surface area contributed by atoms with Crippen LogP contribution < -0.4 is 5.32 Å². The Balaban J connectivity index is 1.54. The summed E-state index contributed by atoms with van der Waals surface area (Å²) >= 11 is 11.0. The van der Waals surface area contributed by atoms with E-state index in [4.69, 9.17) is 11.6 Å². The lowest BCUT2D eigenvalue weighted by Gasteiger charge is -2.33. The van der Waals surface area contributed by atoms with Gasteiger partial charge in [0.2, 0.25) is 0 Å². The van der Waals surface area contributed by atoms with Gasteiger partial charge >= 0.3 is 6.18 Å². The second-order valence-corrected chi connectivity index (χ2v) is 12.9. The van der Waals surface area contributed by atoms with Gasteiger partial charge < -0.3 is 5.32 Å². The first-order valence-corrected chi connectivity index (χ1v) is 14.0. The highest BCUT2D eigenvalue weighted by atomic mass is 79.9. The number of carbonyl (C=O) groups excluding carboxylic acids is 1. The summed E-state index contributed by atoms with van der Waals surface area (Å²) in [4.78, 5) is 18.6. The number of alkyl halides is 3. The van der Waals surface area contributed by atoms with E-state index in [0.717, 1.165) is 40.2 Å². The minimum atomic E-state index is -4.79. The number of fused-ring (bicyclic) bond motifs is 2. The van der Waals surface area contributed by atoms with E-state index in [2.05, 4.69) is 58.2 Å². The molecule has 0 saturated heterocycles. The minimum Gasteiger partial charge on any atom is -0.311 e. The van der Waals surface area contributed by atoms with Gasteiger partial charge in [-0.1, -0.05) is 60.4 Å². The molecule has 1 aromatic carbocycles. The molecule has 1 atom stereocenters. The van der Waals surface area contributed by atoms with Crippen molar-refractivity contribution in [2.24, 2.45) is 11.3 Å². The van der Waals surface area contributed by atoms with Gasteiger partial charge in [0.15, 0.2) is 17.0 Å². The van der Waals surface area contributed by atoms with Crippen LogP contribution in [0.2, 0.25) is 5.02 Å². The lowest BCUT2D eigenvalue weighted by molar-refractivity contribution is -0.142. The summed E-state index contributed by atoms with van der Waals surface area (Å²) in [6.45, 7) is 6.54. The van der Waals surface area contributed by atoms with Gasteiger partial charge in [0.05, 0.1) is 11.3 Å². The number of thiophene rings is 1. The number of aromatic nitrogens is 3. The Kier molecular flexibility index (Phi) is 7.02. The number of rotatable bonds is 3. The average Bonchev–Trinajstić information content (AvgIpc) is 3.39. The lowest BCUT2D eigenvalue weighted by Crippen LogP contribution is -2.26. The van der Waals surface area contributed by atoms with Crippen LogP contribution in [0.3, 0.4) is 0 Å². The van der Waals surface area contributed by atoms with Gasteiger partial charge in [0, 0.05) is 14.9 Å². The van der Waals surface area contributed by atoms with Gasteiger partial charge in [-0.2, -0.15) is 23.5 Å². The van der Waals surface area contributed by atoms with E-state index < -0.39 is 23.5 Å². The van der Waals surface area contributed by atoms with Crippen LogP contribution in [0.15, 0.2) is 34.8 Å². The third-order valence-electron chi connectivity index (χ3n) is 7.01. The number of hydrogen-bond acceptors (Lipinski definition) is 5. The van der Waals surface area contributed by atoms with Gasteiger partial charge in [0.25, 0.3) is 5.91 Å². The van der Waals surface area contributed by atoms with E-state index in [1.807, 2.05) is 0 Å². The van der Waals surface area contributed by atoms with Crippen molar-refractivity contribution in [2.45, 2.75) is 46.2 Å². The molecule has 1 unspecified atom stereocenters. The quantitative estimate of drug-likeness (QED) is 0.246. The predicted molar refractivity (Wildman–Crippen MR) is 148 cm³/mol. The third kappa shape index (κ3) is 5.17. The van der Waals surface area contributed by atoms with E-state index >= 15 is 0 Å². The Morgan fingerprint density at radius 1 is 1.26 bits per heavy atom. The topological polar surface area (TPSA) is 83.1 Å². The normalized spacial score (nSPS) is 15.7. The van der Waals surface area contributed by atoms with Gasteiger partial charge in [-0.25, -0.2) is 9.50 Å². The second kappa shape index (κ2) is 9.91. The molecule has 1 amide bonds. The number of carbonyl (C=O) groups is 1. The standard InChI is InChI=1S/C27H22BrClF3N5OS/c1-26(2,3)14-6-9-16-17(12-33)25(39-19(16)10-14)35-24(38)22-21(29)23-34-18(13-4-7-15(28)8-5-13)11-20(27(30,31)32)37(23)36-22/h4-5,7-8,11,14H,6,9-10H2,1-3H3,(H,35,38). The molecule has 3 aromatic heterocycles. The van der Waals surface area contributed by atoms with Gasteiger partial charge in [0.1, 0.15) is 16.1 Å². The molecule has 39 heavy (non-hydrogen) atoms. The fraction of sp³-hybridized carbons (Fsp3) is 0.333. The Bertz CT molecular complexity index is 1650. The highest BCUT2D eigenvalue weighted by Crippen LogP contribution is 2.44. The highest BCUT2D eigenvalue weighted by molar-refractivity contribution is 9.10. The Labute approximate surface area is 239 Å². The van der Waals surface area contributed by atoms with E-state index in [0.29, 0.717) is 26.6 Å². The second-order valence-electron chi connectivity index (χ2n) is 10.5. The van der Waals surface area contributed by atoms with E-state index in [9.17, 15) is 23.2 Å². The zero-order valence-electron chi connectivity index (χ0n) is 21.1. The van der Waals surface area contributed by atoms with Crippen LogP contribution in [-0.2, 0) is 19.0 Å². The molecule has 5 rings (SSSR count). The molecular formula is C27H22BrClF3N5OS. The maximum atomic E-state index is 14.0. The molecule has 6 nitrogen and oxygen atoms in total. The molecule has 0 spiro atoms. The van der Waals surface area contributed by atoms with Crippen molar-refractivity contribution in [2.75, 3.05) is 5.32 Å². The summed E-state index contributed by atoms with van der Waals surface area (Å²) < 4.78 is 43.4. The average molecular weight is 637 g/mol. The van der Waals surface area contributed by atoms with Gasteiger partial charge in [-0.05, 0) is 54.4 Å². The van der Waals surface area contributed by atoms with Crippen LogP contribution in [0.25, 0.3) is 16.9 Å². The molecule has 1 aliphatic carbocycles. The first-order chi connectivity index (χ1) is 18.3. The SMILES string of the molecule is CC(C)(C)C1CCc2c(sc(NC(=O)c3nn4c(C(F)(F)F)cc(-c5ccc(Br)cc5)nc4c3Cl)c2C#N)C1.